The van der Waals surface area contributed by atoms with E-state index < -0.39 is 0 Å². The van der Waals surface area contributed by atoms with Crippen LogP contribution in [0, 0.1) is 0 Å². The summed E-state index contributed by atoms with van der Waals surface area (Å²) >= 11 is 0. The van der Waals surface area contributed by atoms with Gasteiger partial charge in [0.1, 0.15) is 29.2 Å². The number of anilines is 1. The average Bonchev–Trinajstić information content (AvgIpc) is 3.12. The predicted molar refractivity (Wildman–Crippen MR) is 105 cm³/mol. The summed E-state index contributed by atoms with van der Waals surface area (Å²) in [4.78, 5) is 11.1. The molecule has 3 N–H and O–H groups in total. The van der Waals surface area contributed by atoms with E-state index in [1.807, 2.05) is 18.2 Å². The summed E-state index contributed by atoms with van der Waals surface area (Å²) in [6, 6.07) is 8.31. The smallest absolute Gasteiger partial charge is 0.132 e. The van der Waals surface area contributed by atoms with Crippen LogP contribution in [-0.2, 0) is 0 Å². The monoisotopic (exact) mass is 364 g/mol. The normalized spacial score (nSPS) is 21.0. The molecular formula is C20H24N6O. The van der Waals surface area contributed by atoms with Crippen molar-refractivity contribution in [1.29, 1.82) is 0 Å². The topological polar surface area (TPSA) is 93.0 Å². The summed E-state index contributed by atoms with van der Waals surface area (Å²) in [6.45, 7) is 3.94. The lowest BCUT2D eigenvalue weighted by Crippen LogP contribution is -2.26. The number of ether oxygens (including phenoxy) is 1. The molecule has 1 aromatic carbocycles. The number of fused-ring (bicyclic) bond motifs is 1. The molecule has 140 valence electrons. The first kappa shape index (κ1) is 16.5. The summed E-state index contributed by atoms with van der Waals surface area (Å²) in [7, 11) is 0. The quantitative estimate of drug-likeness (QED) is 0.723. The number of hydrogen-bond acceptors (Lipinski definition) is 6. The largest absolute Gasteiger partial charge is 0.487 e. The maximum absolute atomic E-state index is 6.25. The van der Waals surface area contributed by atoms with E-state index in [0.717, 1.165) is 72.6 Å². The van der Waals surface area contributed by atoms with Crippen LogP contribution >= 0.6 is 0 Å². The average molecular weight is 364 g/mol. The van der Waals surface area contributed by atoms with Gasteiger partial charge in [0.2, 0.25) is 0 Å². The molecule has 2 fully saturated rings. The molecule has 1 aliphatic heterocycles. The second-order valence-electron chi connectivity index (χ2n) is 7.67. The van der Waals surface area contributed by atoms with E-state index in [1.165, 1.54) is 0 Å². The van der Waals surface area contributed by atoms with Crippen molar-refractivity contribution < 1.29 is 4.74 Å². The molecule has 0 spiro atoms. The van der Waals surface area contributed by atoms with Gasteiger partial charge in [-0.3, -0.25) is 5.10 Å². The summed E-state index contributed by atoms with van der Waals surface area (Å²) in [5, 5.41) is 8.63. The van der Waals surface area contributed by atoms with Crippen LogP contribution in [0.5, 0.6) is 5.75 Å². The fourth-order valence-electron chi connectivity index (χ4n) is 3.81. The van der Waals surface area contributed by atoms with Crippen molar-refractivity contribution >= 4 is 16.7 Å². The number of hydrogen-bond donors (Lipinski definition) is 2. The minimum absolute atomic E-state index is 0.0359. The third kappa shape index (κ3) is 3.02. The Hall–Kier alpha value is -2.67. The number of H-pyrrole nitrogens is 1. The lowest BCUT2D eigenvalue weighted by molar-refractivity contribution is 0.175. The SMILES string of the molecule is CCC1(Oc2ccc3[nH]nc(-c4cc(N5CCC(N)C5)ncn4)c3c2)CC1. The second-order valence-corrected chi connectivity index (χ2v) is 7.67. The Morgan fingerprint density at radius 2 is 2.19 bits per heavy atom. The predicted octanol–water partition coefficient (Wildman–Crippen LogP) is 2.88. The highest BCUT2D eigenvalue weighted by Gasteiger charge is 2.43. The molecule has 1 atom stereocenters. The highest BCUT2D eigenvalue weighted by Crippen LogP contribution is 2.43. The first-order chi connectivity index (χ1) is 13.2. The minimum Gasteiger partial charge on any atom is -0.487 e. The van der Waals surface area contributed by atoms with Crippen molar-refractivity contribution in [3.8, 4) is 17.1 Å². The van der Waals surface area contributed by atoms with Gasteiger partial charge in [-0.05, 0) is 43.9 Å². The van der Waals surface area contributed by atoms with Crippen LogP contribution in [0.2, 0.25) is 0 Å². The fourth-order valence-corrected chi connectivity index (χ4v) is 3.81. The van der Waals surface area contributed by atoms with Crippen LogP contribution in [0.4, 0.5) is 5.82 Å². The van der Waals surface area contributed by atoms with Gasteiger partial charge in [0, 0.05) is 30.6 Å². The highest BCUT2D eigenvalue weighted by molar-refractivity contribution is 5.93. The molecule has 1 saturated carbocycles. The molecule has 3 aromatic rings. The number of nitrogens with zero attached hydrogens (tertiary/aromatic N) is 4. The minimum atomic E-state index is 0.0359. The van der Waals surface area contributed by atoms with Gasteiger partial charge in [-0.15, -0.1) is 0 Å². The number of nitrogens with two attached hydrogens (primary N) is 1. The summed E-state index contributed by atoms with van der Waals surface area (Å²) < 4.78 is 6.25. The first-order valence-corrected chi connectivity index (χ1v) is 9.66. The van der Waals surface area contributed by atoms with E-state index >= 15 is 0 Å². The van der Waals surface area contributed by atoms with Crippen LogP contribution < -0.4 is 15.4 Å². The van der Waals surface area contributed by atoms with Crippen LogP contribution in [-0.4, -0.2) is 44.9 Å². The highest BCUT2D eigenvalue weighted by atomic mass is 16.5. The number of benzene rings is 1. The van der Waals surface area contributed by atoms with Crippen LogP contribution in [0.15, 0.2) is 30.6 Å². The molecule has 7 nitrogen and oxygen atoms in total. The van der Waals surface area contributed by atoms with E-state index in [4.69, 9.17) is 10.5 Å². The van der Waals surface area contributed by atoms with Crippen LogP contribution in [0.3, 0.4) is 0 Å². The van der Waals surface area contributed by atoms with Crippen molar-refractivity contribution in [2.75, 3.05) is 18.0 Å². The molecule has 2 aliphatic rings. The van der Waals surface area contributed by atoms with E-state index in [0.29, 0.717) is 0 Å². The number of rotatable bonds is 5. The standard InChI is InChI=1S/C20H24N6O/c1-2-20(6-7-20)27-14-3-4-16-15(9-14)19(25-24-16)17-10-18(23-12-22-17)26-8-5-13(21)11-26/h3-4,9-10,12-13H,2,5-8,11,21H2,1H3,(H,24,25). The molecule has 1 aliphatic carbocycles. The molecule has 0 bridgehead atoms. The Morgan fingerprint density at radius 1 is 1.30 bits per heavy atom. The van der Waals surface area contributed by atoms with E-state index in [2.05, 4.69) is 38.1 Å². The van der Waals surface area contributed by atoms with Crippen LogP contribution in [0.25, 0.3) is 22.3 Å². The molecule has 7 heteroatoms. The molecule has 0 radical (unpaired) electrons. The molecule has 1 unspecified atom stereocenters. The fraction of sp³-hybridized carbons (Fsp3) is 0.450. The molecular weight excluding hydrogens is 340 g/mol. The van der Waals surface area contributed by atoms with Gasteiger partial charge in [-0.1, -0.05) is 6.92 Å². The van der Waals surface area contributed by atoms with E-state index in [9.17, 15) is 0 Å². The lowest BCUT2D eigenvalue weighted by atomic mass is 10.1. The molecule has 27 heavy (non-hydrogen) atoms. The maximum atomic E-state index is 6.25. The van der Waals surface area contributed by atoms with Gasteiger partial charge >= 0.3 is 0 Å². The zero-order chi connectivity index (χ0) is 18.4. The summed E-state index contributed by atoms with van der Waals surface area (Å²) in [6.07, 6.45) is 5.90. The molecule has 1 saturated heterocycles. The Kier molecular flexibility index (Phi) is 3.79. The third-order valence-corrected chi connectivity index (χ3v) is 5.76. The lowest BCUT2D eigenvalue weighted by Gasteiger charge is -2.17. The number of nitrogens with one attached hydrogen (secondary N) is 1. The first-order valence-electron chi connectivity index (χ1n) is 9.66. The van der Waals surface area contributed by atoms with Crippen molar-refractivity contribution in [3.05, 3.63) is 30.6 Å². The molecule has 2 aromatic heterocycles. The molecule has 5 rings (SSSR count). The van der Waals surface area contributed by atoms with Gasteiger partial charge < -0.3 is 15.4 Å². The second kappa shape index (κ2) is 6.20. The summed E-state index contributed by atoms with van der Waals surface area (Å²) in [5.41, 5.74) is 8.68. The van der Waals surface area contributed by atoms with Gasteiger partial charge in [-0.2, -0.15) is 5.10 Å². The van der Waals surface area contributed by atoms with Crippen molar-refractivity contribution in [2.24, 2.45) is 5.73 Å². The van der Waals surface area contributed by atoms with Crippen LogP contribution in [0.1, 0.15) is 32.6 Å². The number of aromatic amines is 1. The zero-order valence-corrected chi connectivity index (χ0v) is 15.5. The van der Waals surface area contributed by atoms with Gasteiger partial charge in [0.15, 0.2) is 0 Å². The Balaban J connectivity index is 1.49. The third-order valence-electron chi connectivity index (χ3n) is 5.76. The Labute approximate surface area is 157 Å². The zero-order valence-electron chi connectivity index (χ0n) is 15.5. The van der Waals surface area contributed by atoms with Gasteiger partial charge in [-0.25, -0.2) is 9.97 Å². The Morgan fingerprint density at radius 3 is 2.93 bits per heavy atom. The van der Waals surface area contributed by atoms with E-state index in [-0.39, 0.29) is 11.6 Å². The maximum Gasteiger partial charge on any atom is 0.132 e. The van der Waals surface area contributed by atoms with Gasteiger partial charge in [0.05, 0.1) is 11.2 Å². The van der Waals surface area contributed by atoms with Crippen molar-refractivity contribution in [1.82, 2.24) is 20.2 Å². The molecule has 0 amide bonds. The number of aromatic nitrogens is 4. The van der Waals surface area contributed by atoms with Crippen molar-refractivity contribution in [2.45, 2.75) is 44.2 Å². The Bertz CT molecular complexity index is 980. The van der Waals surface area contributed by atoms with Gasteiger partial charge in [0.25, 0.3) is 0 Å². The molecule has 3 heterocycles. The summed E-state index contributed by atoms with van der Waals surface area (Å²) in [5.74, 6) is 1.80. The van der Waals surface area contributed by atoms with Crippen molar-refractivity contribution in [3.63, 3.8) is 0 Å². The van der Waals surface area contributed by atoms with E-state index in [1.54, 1.807) is 6.33 Å².